The second-order valence-electron chi connectivity index (χ2n) is 4.42. The highest BCUT2D eigenvalue weighted by Gasteiger charge is 2.19. The first-order valence-electron chi connectivity index (χ1n) is 6.26. The van der Waals surface area contributed by atoms with Gasteiger partial charge >= 0.3 is 0 Å². The topological polar surface area (TPSA) is 52.6 Å². The van der Waals surface area contributed by atoms with E-state index in [1.807, 2.05) is 24.3 Å². The summed E-state index contributed by atoms with van der Waals surface area (Å²) in [5, 5.41) is 0. The van der Waals surface area contributed by atoms with Crippen LogP contribution >= 0.6 is 0 Å². The van der Waals surface area contributed by atoms with Crippen LogP contribution < -0.4 is 9.47 Å². The minimum atomic E-state index is 0.0793. The van der Waals surface area contributed by atoms with Gasteiger partial charge in [-0.3, -0.25) is 9.59 Å². The molecule has 4 heteroatoms. The molecule has 0 unspecified atom stereocenters. The quantitative estimate of drug-likeness (QED) is 0.736. The van der Waals surface area contributed by atoms with Crippen LogP contribution in [0.2, 0.25) is 0 Å². The lowest BCUT2D eigenvalue weighted by atomic mass is 10.2. The fraction of sp³-hybridized carbons (Fsp3) is 0.125. The molecule has 2 aliphatic rings. The van der Waals surface area contributed by atoms with Crippen LogP contribution in [0.1, 0.15) is 20.7 Å². The number of para-hydroxylation sites is 2. The maximum absolute atomic E-state index is 10.9. The van der Waals surface area contributed by atoms with Gasteiger partial charge in [0.25, 0.3) is 0 Å². The average molecular weight is 268 g/mol. The molecule has 0 aromatic heterocycles. The molecular weight excluding hydrogens is 256 g/mol. The maximum atomic E-state index is 10.9. The van der Waals surface area contributed by atoms with Crippen molar-refractivity contribution in [3.8, 4) is 11.5 Å². The first kappa shape index (κ1) is 12.4. The largest absolute Gasteiger partial charge is 0.485 e. The van der Waals surface area contributed by atoms with Gasteiger partial charge in [-0.2, -0.15) is 0 Å². The van der Waals surface area contributed by atoms with Crippen molar-refractivity contribution in [1.29, 1.82) is 0 Å². The Morgan fingerprint density at radius 3 is 1.45 bits per heavy atom. The lowest BCUT2D eigenvalue weighted by Gasteiger charge is -1.92. The predicted molar refractivity (Wildman–Crippen MR) is 72.5 cm³/mol. The number of fused-ring (bicyclic) bond motifs is 2. The third-order valence-corrected chi connectivity index (χ3v) is 3.09. The van der Waals surface area contributed by atoms with Crippen LogP contribution in [0.5, 0.6) is 11.5 Å². The van der Waals surface area contributed by atoms with E-state index in [4.69, 9.17) is 9.47 Å². The fourth-order valence-corrected chi connectivity index (χ4v) is 2.09. The van der Waals surface area contributed by atoms with Gasteiger partial charge in [0.1, 0.15) is 11.5 Å². The van der Waals surface area contributed by atoms with Crippen LogP contribution in [0.25, 0.3) is 0 Å². The SMILES string of the molecule is O=C1COc2ccccc21.O=C1COc2ccccc21. The number of ketones is 2. The number of hydrogen-bond acceptors (Lipinski definition) is 4. The van der Waals surface area contributed by atoms with Crippen molar-refractivity contribution in [3.05, 3.63) is 59.7 Å². The van der Waals surface area contributed by atoms with Gasteiger partial charge in [-0.1, -0.05) is 24.3 Å². The van der Waals surface area contributed by atoms with E-state index in [2.05, 4.69) is 0 Å². The number of rotatable bonds is 0. The van der Waals surface area contributed by atoms with Crippen LogP contribution in [0.3, 0.4) is 0 Å². The monoisotopic (exact) mass is 268 g/mol. The van der Waals surface area contributed by atoms with E-state index in [9.17, 15) is 9.59 Å². The first-order valence-corrected chi connectivity index (χ1v) is 6.26. The summed E-state index contributed by atoms with van der Waals surface area (Å²) in [4.78, 5) is 21.9. The van der Waals surface area contributed by atoms with Gasteiger partial charge < -0.3 is 9.47 Å². The number of Topliss-reactive ketones (excluding diaryl/α,β-unsaturated/α-hetero) is 2. The van der Waals surface area contributed by atoms with Crippen molar-refractivity contribution in [1.82, 2.24) is 0 Å². The molecule has 2 heterocycles. The second kappa shape index (κ2) is 5.17. The fourth-order valence-electron chi connectivity index (χ4n) is 2.09. The summed E-state index contributed by atoms with van der Waals surface area (Å²) in [6.45, 7) is 0.415. The van der Waals surface area contributed by atoms with Crippen LogP contribution in [0.15, 0.2) is 48.5 Å². The number of carbonyl (C=O) groups excluding carboxylic acids is 2. The second-order valence-corrected chi connectivity index (χ2v) is 4.42. The highest BCUT2D eigenvalue weighted by atomic mass is 16.5. The third kappa shape index (κ3) is 2.28. The zero-order chi connectivity index (χ0) is 13.9. The van der Waals surface area contributed by atoms with Crippen LogP contribution in [-0.4, -0.2) is 24.8 Å². The third-order valence-electron chi connectivity index (χ3n) is 3.09. The van der Waals surface area contributed by atoms with Crippen molar-refractivity contribution in [2.45, 2.75) is 0 Å². The summed E-state index contributed by atoms with van der Waals surface area (Å²) in [5.41, 5.74) is 1.42. The van der Waals surface area contributed by atoms with Crippen molar-refractivity contribution in [2.75, 3.05) is 13.2 Å². The summed E-state index contributed by atoms with van der Waals surface area (Å²) in [6.07, 6.45) is 0. The standard InChI is InChI=1S/2C8H6O2/c2*9-7-5-10-8-4-2-1-3-6(7)8/h2*1-4H,5H2. The van der Waals surface area contributed by atoms with Gasteiger partial charge in [0.2, 0.25) is 11.6 Å². The molecular formula is C16H12O4. The van der Waals surface area contributed by atoms with E-state index in [-0.39, 0.29) is 24.8 Å². The van der Waals surface area contributed by atoms with E-state index in [1.54, 1.807) is 24.3 Å². The van der Waals surface area contributed by atoms with E-state index in [0.29, 0.717) is 22.6 Å². The Morgan fingerprint density at radius 1 is 0.650 bits per heavy atom. The Labute approximate surface area is 115 Å². The van der Waals surface area contributed by atoms with Gasteiger partial charge in [0.05, 0.1) is 11.1 Å². The molecule has 0 fully saturated rings. The Morgan fingerprint density at radius 2 is 1.05 bits per heavy atom. The minimum absolute atomic E-state index is 0.0793. The van der Waals surface area contributed by atoms with E-state index >= 15 is 0 Å². The first-order chi connectivity index (χ1) is 9.75. The van der Waals surface area contributed by atoms with E-state index in [1.165, 1.54) is 0 Å². The van der Waals surface area contributed by atoms with Gasteiger partial charge in [0, 0.05) is 0 Å². The van der Waals surface area contributed by atoms with Crippen molar-refractivity contribution in [3.63, 3.8) is 0 Å². The van der Waals surface area contributed by atoms with Crippen LogP contribution in [-0.2, 0) is 0 Å². The average Bonchev–Trinajstić information content (AvgIpc) is 3.05. The number of carbonyl (C=O) groups is 2. The summed E-state index contributed by atoms with van der Waals surface area (Å²) in [6, 6.07) is 14.6. The lowest BCUT2D eigenvalue weighted by molar-refractivity contribution is 0.0954. The lowest BCUT2D eigenvalue weighted by Crippen LogP contribution is -1.98. The molecule has 0 spiro atoms. The van der Waals surface area contributed by atoms with Gasteiger partial charge in [0.15, 0.2) is 13.2 Å². The van der Waals surface area contributed by atoms with Gasteiger partial charge in [-0.25, -0.2) is 0 Å². The molecule has 0 aliphatic carbocycles. The summed E-state index contributed by atoms with van der Waals surface area (Å²) in [7, 11) is 0. The molecule has 0 bridgehead atoms. The number of benzene rings is 2. The Balaban J connectivity index is 0.000000121. The molecule has 20 heavy (non-hydrogen) atoms. The predicted octanol–water partition coefficient (Wildman–Crippen LogP) is 2.52. The Hall–Kier alpha value is -2.62. The molecule has 0 N–H and O–H groups in total. The molecule has 4 nitrogen and oxygen atoms in total. The summed E-state index contributed by atoms with van der Waals surface area (Å²) < 4.78 is 10.1. The maximum Gasteiger partial charge on any atom is 0.203 e. The Bertz CT molecular complexity index is 616. The molecule has 0 saturated heterocycles. The number of hydrogen-bond donors (Lipinski definition) is 0. The van der Waals surface area contributed by atoms with Crippen LogP contribution in [0, 0.1) is 0 Å². The molecule has 0 radical (unpaired) electrons. The zero-order valence-corrected chi connectivity index (χ0v) is 10.7. The zero-order valence-electron chi connectivity index (χ0n) is 10.7. The summed E-state index contributed by atoms with van der Waals surface area (Å²) >= 11 is 0. The molecule has 4 rings (SSSR count). The van der Waals surface area contributed by atoms with E-state index in [0.717, 1.165) is 0 Å². The molecule has 0 atom stereocenters. The van der Waals surface area contributed by atoms with E-state index < -0.39 is 0 Å². The van der Waals surface area contributed by atoms with Crippen molar-refractivity contribution < 1.29 is 19.1 Å². The van der Waals surface area contributed by atoms with Crippen LogP contribution in [0.4, 0.5) is 0 Å². The van der Waals surface area contributed by atoms with Gasteiger partial charge in [-0.05, 0) is 24.3 Å². The summed E-state index contributed by atoms with van der Waals surface area (Å²) in [5.74, 6) is 1.59. The molecule has 2 aliphatic heterocycles. The molecule has 0 saturated carbocycles. The normalized spacial score (nSPS) is 14.6. The Kier molecular flexibility index (Phi) is 3.21. The highest BCUT2D eigenvalue weighted by molar-refractivity contribution is 6.02. The van der Waals surface area contributed by atoms with Gasteiger partial charge in [-0.15, -0.1) is 0 Å². The molecule has 2 aromatic rings. The van der Waals surface area contributed by atoms with Crippen molar-refractivity contribution in [2.24, 2.45) is 0 Å². The molecule has 0 amide bonds. The van der Waals surface area contributed by atoms with Crippen molar-refractivity contribution >= 4 is 11.6 Å². The minimum Gasteiger partial charge on any atom is -0.485 e. The number of ether oxygens (including phenoxy) is 2. The smallest absolute Gasteiger partial charge is 0.203 e. The highest BCUT2D eigenvalue weighted by Crippen LogP contribution is 2.24. The molecule has 100 valence electrons. The molecule has 2 aromatic carbocycles.